The van der Waals surface area contributed by atoms with Gasteiger partial charge in [0.05, 0.1) is 6.54 Å². The molecule has 4 nitrogen and oxygen atoms in total. The van der Waals surface area contributed by atoms with E-state index in [2.05, 4.69) is 15.9 Å². The van der Waals surface area contributed by atoms with E-state index in [0.29, 0.717) is 19.6 Å². The fourth-order valence-corrected chi connectivity index (χ4v) is 3.01. The van der Waals surface area contributed by atoms with E-state index in [4.69, 9.17) is 4.74 Å². The summed E-state index contributed by atoms with van der Waals surface area (Å²) in [6.07, 6.45) is -0.193. The highest BCUT2D eigenvalue weighted by Gasteiger charge is 2.29. The van der Waals surface area contributed by atoms with E-state index in [0.717, 1.165) is 9.37 Å². The molecule has 1 aromatic rings. The third-order valence-electron chi connectivity index (χ3n) is 2.67. The molecule has 0 aliphatic carbocycles. The second kappa shape index (κ2) is 6.43. The Bertz CT molecular complexity index is 477. The van der Waals surface area contributed by atoms with E-state index in [1.807, 2.05) is 31.2 Å². The predicted octanol–water partition coefficient (Wildman–Crippen LogP) is 3.30. The molecule has 1 aliphatic heterocycles. The molecule has 1 atom stereocenters. The number of rotatable bonds is 4. The maximum Gasteiger partial charge on any atom is 0.416 e. The number of ether oxygens (including phenoxy) is 1. The van der Waals surface area contributed by atoms with Gasteiger partial charge in [0, 0.05) is 21.0 Å². The lowest BCUT2D eigenvalue weighted by molar-refractivity contribution is -0.127. The number of halogens is 1. The molecule has 1 heterocycles. The van der Waals surface area contributed by atoms with E-state index in [1.165, 1.54) is 4.90 Å². The first-order valence-electron chi connectivity index (χ1n) is 5.95. The van der Waals surface area contributed by atoms with Crippen LogP contribution in [0.1, 0.15) is 13.3 Å². The van der Waals surface area contributed by atoms with Crippen molar-refractivity contribution in [3.63, 3.8) is 0 Å². The average Bonchev–Trinajstić information content (AvgIpc) is 2.78. The van der Waals surface area contributed by atoms with E-state index < -0.39 is 6.09 Å². The van der Waals surface area contributed by atoms with E-state index in [9.17, 15) is 9.59 Å². The highest BCUT2D eigenvalue weighted by molar-refractivity contribution is 9.10. The molecule has 1 saturated heterocycles. The van der Waals surface area contributed by atoms with Crippen molar-refractivity contribution in [3.05, 3.63) is 28.7 Å². The van der Waals surface area contributed by atoms with Gasteiger partial charge in [-0.1, -0.05) is 22.9 Å². The quantitative estimate of drug-likeness (QED) is 0.787. The standard InChI is InChI=1S/C13H14BrNO3S/c1-9(19-11-4-2-10(14)3-5-11)8-12(16)15-6-7-18-13(15)17/h2-5,9H,6-8H2,1H3. The Morgan fingerprint density at radius 2 is 2.16 bits per heavy atom. The maximum absolute atomic E-state index is 11.9. The SMILES string of the molecule is CC(CC(=O)N1CCOC1=O)Sc1ccc(Br)cc1. The summed E-state index contributed by atoms with van der Waals surface area (Å²) in [5, 5.41) is 0.113. The minimum Gasteiger partial charge on any atom is -0.447 e. The van der Waals surface area contributed by atoms with E-state index in [-0.39, 0.29) is 11.2 Å². The summed E-state index contributed by atoms with van der Waals surface area (Å²) in [4.78, 5) is 25.5. The number of imide groups is 1. The first kappa shape index (κ1) is 14.4. The number of hydrogen-bond acceptors (Lipinski definition) is 4. The summed E-state index contributed by atoms with van der Waals surface area (Å²) < 4.78 is 5.78. The van der Waals surface area contributed by atoms with E-state index >= 15 is 0 Å². The van der Waals surface area contributed by atoms with Crippen LogP contribution in [0.3, 0.4) is 0 Å². The molecule has 0 aromatic heterocycles. The molecule has 0 saturated carbocycles. The summed E-state index contributed by atoms with van der Waals surface area (Å²) in [5.74, 6) is -0.167. The van der Waals surface area contributed by atoms with Crippen LogP contribution in [0, 0.1) is 0 Å². The lowest BCUT2D eigenvalue weighted by Crippen LogP contribution is -2.33. The first-order chi connectivity index (χ1) is 9.06. The Balaban J connectivity index is 1.87. The molecule has 1 unspecified atom stereocenters. The molecule has 6 heteroatoms. The van der Waals surface area contributed by atoms with Crippen molar-refractivity contribution in [1.82, 2.24) is 4.90 Å². The van der Waals surface area contributed by atoms with Crippen molar-refractivity contribution in [2.75, 3.05) is 13.2 Å². The normalized spacial score (nSPS) is 16.3. The fourth-order valence-electron chi connectivity index (χ4n) is 1.76. The zero-order valence-corrected chi connectivity index (χ0v) is 12.9. The van der Waals surface area contributed by atoms with Crippen LogP contribution >= 0.6 is 27.7 Å². The summed E-state index contributed by atoms with van der Waals surface area (Å²) in [6, 6.07) is 7.93. The number of thioether (sulfide) groups is 1. The highest BCUT2D eigenvalue weighted by atomic mass is 79.9. The molecule has 0 bridgehead atoms. The number of hydrogen-bond donors (Lipinski definition) is 0. The zero-order chi connectivity index (χ0) is 13.8. The monoisotopic (exact) mass is 343 g/mol. The number of benzene rings is 1. The van der Waals surface area contributed by atoms with Gasteiger partial charge in [0.2, 0.25) is 5.91 Å². The molecule has 2 rings (SSSR count). The van der Waals surface area contributed by atoms with Crippen molar-refractivity contribution in [3.8, 4) is 0 Å². The highest BCUT2D eigenvalue weighted by Crippen LogP contribution is 2.27. The first-order valence-corrected chi connectivity index (χ1v) is 7.63. The fraction of sp³-hybridized carbons (Fsp3) is 0.385. The number of carbonyl (C=O) groups is 2. The van der Waals surface area contributed by atoms with Crippen LogP contribution < -0.4 is 0 Å². The van der Waals surface area contributed by atoms with Gasteiger partial charge in [-0.15, -0.1) is 11.8 Å². The molecule has 19 heavy (non-hydrogen) atoms. The second-order valence-electron chi connectivity index (χ2n) is 4.25. The molecule has 0 spiro atoms. The van der Waals surface area contributed by atoms with Crippen LogP contribution in [0.15, 0.2) is 33.6 Å². The Morgan fingerprint density at radius 1 is 1.47 bits per heavy atom. The largest absolute Gasteiger partial charge is 0.447 e. The zero-order valence-electron chi connectivity index (χ0n) is 10.5. The Labute approximate surface area is 124 Å². The minimum absolute atomic E-state index is 0.113. The molecule has 102 valence electrons. The summed E-state index contributed by atoms with van der Waals surface area (Å²) >= 11 is 5.00. The third kappa shape index (κ3) is 3.98. The van der Waals surface area contributed by atoms with Crippen molar-refractivity contribution in [1.29, 1.82) is 0 Å². The number of nitrogens with zero attached hydrogens (tertiary/aromatic N) is 1. The third-order valence-corrected chi connectivity index (χ3v) is 4.32. The van der Waals surface area contributed by atoms with Crippen LogP contribution in [0.4, 0.5) is 4.79 Å². The Kier molecular flexibility index (Phi) is 4.87. The maximum atomic E-state index is 11.9. The van der Waals surface area contributed by atoms with Gasteiger partial charge in [0.25, 0.3) is 0 Å². The van der Waals surface area contributed by atoms with Gasteiger partial charge >= 0.3 is 6.09 Å². The summed E-state index contributed by atoms with van der Waals surface area (Å²) in [6.45, 7) is 2.65. The van der Waals surface area contributed by atoms with Crippen molar-refractivity contribution < 1.29 is 14.3 Å². The van der Waals surface area contributed by atoms with Crippen LogP contribution in [0.25, 0.3) is 0 Å². The molecule has 0 radical (unpaired) electrons. The van der Waals surface area contributed by atoms with Crippen LogP contribution in [0.5, 0.6) is 0 Å². The van der Waals surface area contributed by atoms with Crippen LogP contribution in [-0.2, 0) is 9.53 Å². The number of carbonyl (C=O) groups excluding carboxylic acids is 2. The topological polar surface area (TPSA) is 46.6 Å². The van der Waals surface area contributed by atoms with Gasteiger partial charge in [-0.3, -0.25) is 4.79 Å². The predicted molar refractivity (Wildman–Crippen MR) is 77.1 cm³/mol. The molecule has 1 fully saturated rings. The van der Waals surface area contributed by atoms with Gasteiger partial charge in [-0.05, 0) is 24.3 Å². The number of cyclic esters (lactones) is 1. The molecular formula is C13H14BrNO3S. The minimum atomic E-state index is -0.522. The van der Waals surface area contributed by atoms with Gasteiger partial charge in [-0.25, -0.2) is 9.69 Å². The van der Waals surface area contributed by atoms with Gasteiger partial charge in [0.15, 0.2) is 0 Å². The molecule has 1 aliphatic rings. The van der Waals surface area contributed by atoms with Crippen LogP contribution in [0.2, 0.25) is 0 Å². The van der Waals surface area contributed by atoms with Crippen molar-refractivity contribution >= 4 is 39.7 Å². The summed E-state index contributed by atoms with van der Waals surface area (Å²) in [5.41, 5.74) is 0. The molecule has 1 aromatic carbocycles. The van der Waals surface area contributed by atoms with Gasteiger partial charge in [0.1, 0.15) is 6.61 Å². The average molecular weight is 344 g/mol. The smallest absolute Gasteiger partial charge is 0.416 e. The Morgan fingerprint density at radius 3 is 2.74 bits per heavy atom. The molecule has 2 amide bonds. The second-order valence-corrected chi connectivity index (χ2v) is 6.67. The summed E-state index contributed by atoms with van der Waals surface area (Å²) in [7, 11) is 0. The lowest BCUT2D eigenvalue weighted by atomic mass is 10.3. The molecular weight excluding hydrogens is 330 g/mol. The van der Waals surface area contributed by atoms with Crippen molar-refractivity contribution in [2.24, 2.45) is 0 Å². The van der Waals surface area contributed by atoms with E-state index in [1.54, 1.807) is 11.8 Å². The van der Waals surface area contributed by atoms with Crippen molar-refractivity contribution in [2.45, 2.75) is 23.5 Å². The van der Waals surface area contributed by atoms with Gasteiger partial charge in [-0.2, -0.15) is 0 Å². The van der Waals surface area contributed by atoms with Crippen LogP contribution in [-0.4, -0.2) is 35.3 Å². The molecule has 0 N–H and O–H groups in total. The Hall–Kier alpha value is -1.01. The van der Waals surface area contributed by atoms with Gasteiger partial charge < -0.3 is 4.74 Å². The lowest BCUT2D eigenvalue weighted by Gasteiger charge is -2.14. The number of amides is 2.